The van der Waals surface area contributed by atoms with Crippen molar-refractivity contribution in [2.45, 2.75) is 181 Å². The Kier molecular flexibility index (Phi) is 19.1. The summed E-state index contributed by atoms with van der Waals surface area (Å²) < 4.78 is 52.4. The summed E-state index contributed by atoms with van der Waals surface area (Å²) in [5, 5.41) is 147. The van der Waals surface area contributed by atoms with Crippen LogP contribution in [0.5, 0.6) is 0 Å². The minimum absolute atomic E-state index is 0.530. The first-order valence-corrected chi connectivity index (χ1v) is 20.9. The number of ether oxygens (including phenoxy) is 9. The van der Waals surface area contributed by atoms with E-state index in [0.717, 1.165) is 13.8 Å². The van der Waals surface area contributed by atoms with Gasteiger partial charge in [-0.25, -0.2) is 0 Å². The molecule has 5 fully saturated rings. The highest BCUT2D eigenvalue weighted by Crippen LogP contribution is 2.36. The average molecular weight is 950 g/mol. The smallest absolute Gasteiger partial charge is 0.217 e. The van der Waals surface area contributed by atoms with Crippen LogP contribution in [-0.2, 0) is 57.0 Å². The van der Waals surface area contributed by atoms with Gasteiger partial charge in [0, 0.05) is 20.8 Å². The lowest BCUT2D eigenvalue weighted by molar-refractivity contribution is -0.391. The van der Waals surface area contributed by atoms with Crippen LogP contribution in [0.3, 0.4) is 0 Å². The standard InChI is InChI=1S/C37H63N3O25/c1-10-19(38-11(2)46)26(53)30(17(8-44)57-10)62-35-21(40-13(4)48)27(54)31(18(9-45)61-35)63-36-29(56)32(24(51)16(7-43)59-36)64-37-33(28(55)23(50)15(6-42)60-37)65-34-20(39-12(3)47)25(52)22(49)14(5-41)58-34/h10,14-37,41-45,49-56H,5-9H2,1-4H3,(H,38,46)(H,39,47)(H,40,48)/t10-,14?,15?,16?,17?,18?,19?,20?,21?,22+,23+,24+,25+,26+,27+,28?,29?,30+,31+,32-,33?,34-,35-,36-,37+/m0/s1. The van der Waals surface area contributed by atoms with Crippen molar-refractivity contribution < 1.29 is 123 Å². The largest absolute Gasteiger partial charge is 0.394 e. The van der Waals surface area contributed by atoms with E-state index in [9.17, 15) is 80.8 Å². The van der Waals surface area contributed by atoms with Crippen molar-refractivity contribution in [2.24, 2.45) is 0 Å². The van der Waals surface area contributed by atoms with E-state index >= 15 is 0 Å². The summed E-state index contributed by atoms with van der Waals surface area (Å²) in [5.41, 5.74) is 0. The third-order valence-electron chi connectivity index (χ3n) is 11.8. The Hall–Kier alpha value is -2.47. The molecule has 0 aliphatic carbocycles. The molecule has 5 saturated heterocycles. The van der Waals surface area contributed by atoms with Gasteiger partial charge in [0.2, 0.25) is 17.7 Å². The topological polar surface area (TPSA) is 433 Å². The van der Waals surface area contributed by atoms with Gasteiger partial charge >= 0.3 is 0 Å². The van der Waals surface area contributed by atoms with Gasteiger partial charge in [0.25, 0.3) is 0 Å². The number of hydrogen-bond donors (Lipinski definition) is 16. The van der Waals surface area contributed by atoms with Crippen molar-refractivity contribution in [1.29, 1.82) is 0 Å². The van der Waals surface area contributed by atoms with Gasteiger partial charge < -0.3 is 125 Å². The van der Waals surface area contributed by atoms with Crippen molar-refractivity contribution in [1.82, 2.24) is 16.0 Å². The van der Waals surface area contributed by atoms with Crippen molar-refractivity contribution in [3.05, 3.63) is 0 Å². The SMILES string of the molecule is CC(=O)NC1[C@H](OC2C(O)[C@H](O)C(CO)O[C@@H]2O[C@@H]2C(O)[C@H](O[C@@H]3C(CO)O[C@@H](O[C@@H]4C(CO)O[C@@H](C)C(NC(C)=O)[C@H]4O)C(NC(C)=O)[C@H]3O)OC(CO)[C@H]2O)OC(CO)[C@@H](O)[C@@H]1O. The molecule has 0 aromatic heterocycles. The lowest BCUT2D eigenvalue weighted by Gasteiger charge is -2.50. The third-order valence-corrected chi connectivity index (χ3v) is 11.8. The van der Waals surface area contributed by atoms with Crippen LogP contribution in [0.1, 0.15) is 27.7 Å². The lowest BCUT2D eigenvalue weighted by Crippen LogP contribution is -2.70. The molecule has 0 bridgehead atoms. The normalized spacial score (nSPS) is 47.1. The van der Waals surface area contributed by atoms with E-state index in [1.807, 2.05) is 0 Å². The van der Waals surface area contributed by atoms with Crippen LogP contribution in [-0.4, -0.2) is 270 Å². The molecule has 5 rings (SSSR count). The summed E-state index contributed by atoms with van der Waals surface area (Å²) in [6.45, 7) is 0.416. The molecule has 0 aromatic carbocycles. The van der Waals surface area contributed by atoms with Crippen molar-refractivity contribution in [2.75, 3.05) is 33.0 Å². The van der Waals surface area contributed by atoms with Crippen molar-refractivity contribution in [3.63, 3.8) is 0 Å². The molecule has 0 aromatic rings. The predicted molar refractivity (Wildman–Crippen MR) is 205 cm³/mol. The molecular formula is C37H63N3O25. The second-order valence-electron chi connectivity index (χ2n) is 16.5. The maximum atomic E-state index is 12.5. The highest BCUT2D eigenvalue weighted by atomic mass is 16.8. The predicted octanol–water partition coefficient (Wildman–Crippen LogP) is -10.4. The second kappa shape index (κ2) is 23.2. The number of carbonyl (C=O) groups is 3. The van der Waals surface area contributed by atoms with Crippen LogP contribution in [0.2, 0.25) is 0 Å². The highest BCUT2D eigenvalue weighted by molar-refractivity contribution is 5.74. The minimum Gasteiger partial charge on any atom is -0.394 e. The van der Waals surface area contributed by atoms with Crippen LogP contribution >= 0.6 is 0 Å². The number of carbonyl (C=O) groups excluding carboxylic acids is 3. The molecule has 5 aliphatic rings. The van der Waals surface area contributed by atoms with E-state index < -0.39 is 204 Å². The minimum atomic E-state index is -2.17. The van der Waals surface area contributed by atoms with E-state index in [-0.39, 0.29) is 0 Å². The number of amides is 3. The molecular weight excluding hydrogens is 886 g/mol. The van der Waals surface area contributed by atoms with Crippen LogP contribution in [0.15, 0.2) is 0 Å². The van der Waals surface area contributed by atoms with Gasteiger partial charge in [0.05, 0.1) is 45.2 Å². The first-order chi connectivity index (χ1) is 30.7. The monoisotopic (exact) mass is 949 g/mol. The summed E-state index contributed by atoms with van der Waals surface area (Å²) in [6, 6.07) is -4.25. The quantitative estimate of drug-likeness (QED) is 0.0683. The molecule has 16 N–H and O–H groups in total. The molecule has 11 unspecified atom stereocenters. The van der Waals surface area contributed by atoms with Crippen LogP contribution in [0.25, 0.3) is 0 Å². The molecule has 28 nitrogen and oxygen atoms in total. The molecule has 376 valence electrons. The number of hydrogen-bond acceptors (Lipinski definition) is 25. The molecule has 0 radical (unpaired) electrons. The molecule has 5 heterocycles. The fourth-order valence-corrected chi connectivity index (χ4v) is 8.47. The molecule has 0 spiro atoms. The number of aliphatic hydroxyl groups excluding tert-OH is 13. The van der Waals surface area contributed by atoms with E-state index in [1.165, 1.54) is 13.8 Å². The Morgan fingerprint density at radius 3 is 1.25 bits per heavy atom. The van der Waals surface area contributed by atoms with Crippen LogP contribution in [0.4, 0.5) is 0 Å². The van der Waals surface area contributed by atoms with Gasteiger partial charge in [-0.15, -0.1) is 0 Å². The second-order valence-corrected chi connectivity index (χ2v) is 16.5. The Labute approximate surface area is 370 Å². The zero-order valence-electron chi connectivity index (χ0n) is 35.7. The Bertz CT molecular complexity index is 1560. The number of nitrogens with one attached hydrogen (secondary N) is 3. The maximum absolute atomic E-state index is 12.5. The lowest BCUT2D eigenvalue weighted by atomic mass is 9.92. The summed E-state index contributed by atoms with van der Waals surface area (Å²) in [4.78, 5) is 36.4. The Morgan fingerprint density at radius 1 is 0.385 bits per heavy atom. The first-order valence-electron chi connectivity index (χ1n) is 20.9. The number of rotatable bonds is 16. The maximum Gasteiger partial charge on any atom is 0.217 e. The fourth-order valence-electron chi connectivity index (χ4n) is 8.47. The molecule has 0 saturated carbocycles. The van der Waals surface area contributed by atoms with Crippen LogP contribution < -0.4 is 16.0 Å². The summed E-state index contributed by atoms with van der Waals surface area (Å²) in [7, 11) is 0. The fraction of sp³-hybridized carbons (Fsp3) is 0.919. The van der Waals surface area contributed by atoms with E-state index in [4.69, 9.17) is 42.6 Å². The van der Waals surface area contributed by atoms with Gasteiger partial charge in [0.1, 0.15) is 116 Å². The molecule has 5 aliphatic heterocycles. The van der Waals surface area contributed by atoms with E-state index in [1.54, 1.807) is 0 Å². The van der Waals surface area contributed by atoms with Gasteiger partial charge in [-0.05, 0) is 6.92 Å². The van der Waals surface area contributed by atoms with Gasteiger partial charge in [-0.2, -0.15) is 0 Å². The molecule has 28 heteroatoms. The molecule has 25 atom stereocenters. The molecule has 65 heavy (non-hydrogen) atoms. The molecule has 3 amide bonds. The summed E-state index contributed by atoms with van der Waals surface area (Å²) >= 11 is 0. The van der Waals surface area contributed by atoms with Crippen molar-refractivity contribution in [3.8, 4) is 0 Å². The number of aliphatic hydroxyl groups is 13. The third kappa shape index (κ3) is 11.9. The summed E-state index contributed by atoms with van der Waals surface area (Å²) in [5.74, 6) is -2.02. The summed E-state index contributed by atoms with van der Waals surface area (Å²) in [6.07, 6.45) is -38.5. The van der Waals surface area contributed by atoms with E-state index in [2.05, 4.69) is 16.0 Å². The zero-order valence-corrected chi connectivity index (χ0v) is 35.7. The van der Waals surface area contributed by atoms with Crippen LogP contribution in [0, 0.1) is 0 Å². The van der Waals surface area contributed by atoms with Crippen molar-refractivity contribution >= 4 is 17.7 Å². The highest BCUT2D eigenvalue weighted by Gasteiger charge is 2.57. The average Bonchev–Trinajstić information content (AvgIpc) is 3.26. The Morgan fingerprint density at radius 2 is 0.738 bits per heavy atom. The van der Waals surface area contributed by atoms with Gasteiger partial charge in [-0.3, -0.25) is 14.4 Å². The first kappa shape index (κ1) is 53.5. The Balaban J connectivity index is 1.40. The van der Waals surface area contributed by atoms with Gasteiger partial charge in [0.15, 0.2) is 25.2 Å². The zero-order chi connectivity index (χ0) is 48.2. The van der Waals surface area contributed by atoms with E-state index in [0.29, 0.717) is 0 Å². The van der Waals surface area contributed by atoms with Gasteiger partial charge in [-0.1, -0.05) is 0 Å².